The minimum atomic E-state index is -0.581. The predicted octanol–water partition coefficient (Wildman–Crippen LogP) is 1.53. The number of fused-ring (bicyclic) bond motifs is 1. The maximum Gasteiger partial charge on any atom is 0.249 e. The van der Waals surface area contributed by atoms with E-state index in [2.05, 4.69) is 33.9 Å². The van der Waals surface area contributed by atoms with E-state index in [9.17, 15) is 9.59 Å². The molecule has 8 nitrogen and oxygen atoms in total. The van der Waals surface area contributed by atoms with Crippen molar-refractivity contribution >= 4 is 11.8 Å². The number of nitrogens with zero attached hydrogens (tertiary/aromatic N) is 3. The fraction of sp³-hybridized carbons (Fsp3) is 0.542. The van der Waals surface area contributed by atoms with Gasteiger partial charge in [0.1, 0.15) is 12.6 Å². The highest BCUT2D eigenvalue weighted by atomic mass is 16.5. The maximum atomic E-state index is 13.2. The molecule has 1 unspecified atom stereocenters. The lowest BCUT2D eigenvalue weighted by Crippen LogP contribution is -2.55. The number of imidazole rings is 1. The number of carbonyl (C=O) groups is 2. The van der Waals surface area contributed by atoms with Crippen LogP contribution in [0, 0.1) is 6.92 Å². The maximum absolute atomic E-state index is 13.2. The molecule has 1 aromatic heterocycles. The van der Waals surface area contributed by atoms with Gasteiger partial charge in [-0.1, -0.05) is 24.3 Å². The van der Waals surface area contributed by atoms with Gasteiger partial charge in [0.2, 0.25) is 11.8 Å². The zero-order valence-corrected chi connectivity index (χ0v) is 18.9. The Kier molecular flexibility index (Phi) is 6.91. The van der Waals surface area contributed by atoms with Gasteiger partial charge in [0.25, 0.3) is 0 Å². The Labute approximate surface area is 189 Å². The molecule has 1 saturated carbocycles. The summed E-state index contributed by atoms with van der Waals surface area (Å²) in [7, 11) is 1.50. The van der Waals surface area contributed by atoms with Gasteiger partial charge >= 0.3 is 0 Å². The molecule has 0 spiro atoms. The first kappa shape index (κ1) is 22.5. The number of methoxy groups -OCH3 is 1. The number of hydrogen-bond donors (Lipinski definition) is 2. The van der Waals surface area contributed by atoms with Crippen LogP contribution < -0.4 is 11.1 Å². The summed E-state index contributed by atoms with van der Waals surface area (Å²) in [5, 5.41) is 3.16. The number of nitrogens with two attached hydrogens (primary N) is 1. The Balaban J connectivity index is 1.54. The van der Waals surface area contributed by atoms with E-state index in [1.165, 1.54) is 18.2 Å². The van der Waals surface area contributed by atoms with E-state index in [-0.39, 0.29) is 30.5 Å². The van der Waals surface area contributed by atoms with Gasteiger partial charge in [0.05, 0.1) is 24.3 Å². The first-order valence-electron chi connectivity index (χ1n) is 11.4. The minimum Gasteiger partial charge on any atom is -0.375 e. The van der Waals surface area contributed by atoms with Crippen LogP contribution >= 0.6 is 0 Å². The quantitative estimate of drug-likeness (QED) is 0.711. The Morgan fingerprint density at radius 1 is 1.22 bits per heavy atom. The molecule has 2 aliphatic rings. The molecule has 172 valence electrons. The van der Waals surface area contributed by atoms with E-state index in [0.29, 0.717) is 19.5 Å². The summed E-state index contributed by atoms with van der Waals surface area (Å²) in [5.41, 5.74) is 10.3. The van der Waals surface area contributed by atoms with Crippen LogP contribution in [0.4, 0.5) is 0 Å². The summed E-state index contributed by atoms with van der Waals surface area (Å²) in [5.74, 6) is -0.304. The van der Waals surface area contributed by atoms with Crippen LogP contribution in [0.2, 0.25) is 0 Å². The van der Waals surface area contributed by atoms with Crippen LogP contribution in [-0.2, 0) is 33.8 Å². The Bertz CT molecular complexity index is 964. The zero-order valence-electron chi connectivity index (χ0n) is 18.9. The Morgan fingerprint density at radius 3 is 2.69 bits per heavy atom. The third-order valence-corrected chi connectivity index (χ3v) is 6.73. The standard InChI is InChI=1S/C24H33N5O3/c1-16-5-3-4-6-17(16)12-28-15-26-20-11-21(29(13-22(20)28)23(30)14-32-2)24(31)27-19-9-7-18(25)8-10-19/h3-6,15,18-19,21H,7-14,25H2,1-2H3,(H,27,31). The van der Waals surface area contributed by atoms with Gasteiger partial charge in [-0.2, -0.15) is 0 Å². The lowest BCUT2D eigenvalue weighted by Gasteiger charge is -2.36. The number of ether oxygens (including phenoxy) is 1. The minimum absolute atomic E-state index is 0.0523. The highest BCUT2D eigenvalue weighted by molar-refractivity contribution is 5.89. The number of nitrogens with one attached hydrogen (secondary N) is 1. The molecule has 1 aromatic carbocycles. The molecule has 4 rings (SSSR count). The van der Waals surface area contributed by atoms with Gasteiger partial charge < -0.3 is 25.3 Å². The molecule has 1 atom stereocenters. The normalized spacial score (nSPS) is 23.0. The predicted molar refractivity (Wildman–Crippen MR) is 121 cm³/mol. The van der Waals surface area contributed by atoms with Crippen molar-refractivity contribution < 1.29 is 14.3 Å². The van der Waals surface area contributed by atoms with E-state index in [1.807, 2.05) is 18.5 Å². The lowest BCUT2D eigenvalue weighted by molar-refractivity contribution is -0.145. The van der Waals surface area contributed by atoms with Gasteiger partial charge in [-0.3, -0.25) is 9.59 Å². The molecule has 32 heavy (non-hydrogen) atoms. The van der Waals surface area contributed by atoms with Crippen LogP contribution in [-0.4, -0.2) is 58.1 Å². The van der Waals surface area contributed by atoms with Crippen molar-refractivity contribution in [2.24, 2.45) is 5.73 Å². The van der Waals surface area contributed by atoms with Crippen molar-refractivity contribution in [1.82, 2.24) is 19.8 Å². The van der Waals surface area contributed by atoms with Crippen molar-refractivity contribution in [3.8, 4) is 0 Å². The van der Waals surface area contributed by atoms with E-state index < -0.39 is 6.04 Å². The molecule has 1 aliphatic heterocycles. The van der Waals surface area contributed by atoms with Crippen molar-refractivity contribution in [3.05, 3.63) is 53.1 Å². The van der Waals surface area contributed by atoms with Crippen molar-refractivity contribution in [2.45, 2.75) is 70.2 Å². The molecular formula is C24H33N5O3. The molecule has 2 aromatic rings. The molecule has 0 saturated heterocycles. The molecule has 0 bridgehead atoms. The smallest absolute Gasteiger partial charge is 0.249 e. The first-order valence-corrected chi connectivity index (χ1v) is 11.4. The SMILES string of the molecule is COCC(=O)N1Cc2c(ncn2Cc2ccccc2C)CC1C(=O)NC1CCC(N)CC1. The summed E-state index contributed by atoms with van der Waals surface area (Å²) in [4.78, 5) is 32.3. The van der Waals surface area contributed by atoms with Crippen LogP contribution in [0.5, 0.6) is 0 Å². The zero-order chi connectivity index (χ0) is 22.7. The van der Waals surface area contributed by atoms with Crippen molar-refractivity contribution in [1.29, 1.82) is 0 Å². The van der Waals surface area contributed by atoms with Gasteiger partial charge in [0, 0.05) is 32.2 Å². The second-order valence-electron chi connectivity index (χ2n) is 8.99. The Hall–Kier alpha value is -2.71. The molecule has 8 heteroatoms. The van der Waals surface area contributed by atoms with E-state index in [1.54, 1.807) is 4.90 Å². The monoisotopic (exact) mass is 439 g/mol. The number of carbonyl (C=O) groups excluding carboxylic acids is 2. The van der Waals surface area contributed by atoms with Crippen LogP contribution in [0.15, 0.2) is 30.6 Å². The van der Waals surface area contributed by atoms with Crippen molar-refractivity contribution in [2.75, 3.05) is 13.7 Å². The number of rotatable bonds is 6. The third-order valence-electron chi connectivity index (χ3n) is 6.73. The number of benzene rings is 1. The van der Waals surface area contributed by atoms with Crippen LogP contribution in [0.25, 0.3) is 0 Å². The molecule has 2 heterocycles. The third kappa shape index (κ3) is 4.86. The lowest BCUT2D eigenvalue weighted by atomic mass is 9.91. The van der Waals surface area contributed by atoms with Gasteiger partial charge in [-0.05, 0) is 43.7 Å². The summed E-state index contributed by atoms with van der Waals surface area (Å²) in [6.07, 6.45) is 5.80. The van der Waals surface area contributed by atoms with E-state index in [4.69, 9.17) is 10.5 Å². The van der Waals surface area contributed by atoms with Crippen molar-refractivity contribution in [3.63, 3.8) is 0 Å². The number of amides is 2. The molecule has 1 aliphatic carbocycles. The summed E-state index contributed by atoms with van der Waals surface area (Å²) < 4.78 is 7.18. The van der Waals surface area contributed by atoms with Gasteiger partial charge in [-0.25, -0.2) is 4.98 Å². The topological polar surface area (TPSA) is 102 Å². The van der Waals surface area contributed by atoms with Gasteiger partial charge in [0.15, 0.2) is 0 Å². The summed E-state index contributed by atoms with van der Waals surface area (Å²) in [6, 6.07) is 7.99. The highest BCUT2D eigenvalue weighted by Gasteiger charge is 2.37. The van der Waals surface area contributed by atoms with Crippen LogP contribution in [0.1, 0.15) is 48.2 Å². The Morgan fingerprint density at radius 2 is 1.97 bits per heavy atom. The number of aryl methyl sites for hydroxylation is 1. The molecule has 3 N–H and O–H groups in total. The number of aromatic nitrogens is 2. The summed E-state index contributed by atoms with van der Waals surface area (Å²) in [6.45, 7) is 3.06. The summed E-state index contributed by atoms with van der Waals surface area (Å²) >= 11 is 0. The average molecular weight is 440 g/mol. The molecule has 1 fully saturated rings. The highest BCUT2D eigenvalue weighted by Crippen LogP contribution is 2.25. The molecule has 2 amide bonds. The van der Waals surface area contributed by atoms with E-state index in [0.717, 1.165) is 37.1 Å². The second kappa shape index (κ2) is 9.83. The molecule has 0 radical (unpaired) electrons. The van der Waals surface area contributed by atoms with E-state index >= 15 is 0 Å². The first-order chi connectivity index (χ1) is 15.5. The average Bonchev–Trinajstić information content (AvgIpc) is 3.18. The van der Waals surface area contributed by atoms with Crippen LogP contribution in [0.3, 0.4) is 0 Å². The fourth-order valence-electron chi connectivity index (χ4n) is 4.74. The number of hydrogen-bond acceptors (Lipinski definition) is 5. The second-order valence-corrected chi connectivity index (χ2v) is 8.99. The largest absolute Gasteiger partial charge is 0.375 e. The fourth-order valence-corrected chi connectivity index (χ4v) is 4.74. The van der Waals surface area contributed by atoms with Gasteiger partial charge in [-0.15, -0.1) is 0 Å². The molecular weight excluding hydrogens is 406 g/mol.